The number of para-hydroxylation sites is 1. The number of rotatable bonds is 6. The highest BCUT2D eigenvalue weighted by molar-refractivity contribution is 5.97. The second kappa shape index (κ2) is 7.61. The van der Waals surface area contributed by atoms with Crippen LogP contribution in [0.15, 0.2) is 48.5 Å². The van der Waals surface area contributed by atoms with Gasteiger partial charge in [0.1, 0.15) is 5.75 Å². The van der Waals surface area contributed by atoms with E-state index in [0.717, 1.165) is 5.56 Å². The summed E-state index contributed by atoms with van der Waals surface area (Å²) < 4.78 is 5.23. The molecule has 0 bridgehead atoms. The highest BCUT2D eigenvalue weighted by Gasteiger charge is 2.12. The summed E-state index contributed by atoms with van der Waals surface area (Å²) in [5, 5.41) is 11.5. The molecule has 2 aromatic carbocycles. The van der Waals surface area contributed by atoms with Crippen molar-refractivity contribution < 1.29 is 14.3 Å². The molecule has 0 aliphatic rings. The average Bonchev–Trinajstić information content (AvgIpc) is 2.58. The molecule has 2 amide bonds. The molecular weight excluding hydrogens is 294 g/mol. The summed E-state index contributed by atoms with van der Waals surface area (Å²) in [6.45, 7) is 0.0224. The van der Waals surface area contributed by atoms with Gasteiger partial charge in [-0.15, -0.1) is 0 Å². The van der Waals surface area contributed by atoms with Gasteiger partial charge >= 0.3 is 0 Å². The Labute approximate surface area is 133 Å². The SMILES string of the molecule is N#Cc1ccc(CNC(=O)c2ccccc2OCC(N)=O)cc1. The van der Waals surface area contributed by atoms with Crippen molar-refractivity contribution in [3.8, 4) is 11.8 Å². The van der Waals surface area contributed by atoms with E-state index in [9.17, 15) is 9.59 Å². The average molecular weight is 309 g/mol. The maximum atomic E-state index is 12.2. The van der Waals surface area contributed by atoms with Gasteiger partial charge < -0.3 is 15.8 Å². The fraction of sp³-hybridized carbons (Fsp3) is 0.118. The first-order valence-corrected chi connectivity index (χ1v) is 6.87. The molecule has 6 nitrogen and oxygen atoms in total. The molecule has 0 fully saturated rings. The van der Waals surface area contributed by atoms with Crippen molar-refractivity contribution in [1.82, 2.24) is 5.32 Å². The number of hydrogen-bond donors (Lipinski definition) is 2. The molecule has 0 unspecified atom stereocenters. The molecule has 0 atom stereocenters. The van der Waals surface area contributed by atoms with Crippen LogP contribution in [0.4, 0.5) is 0 Å². The third-order valence-electron chi connectivity index (χ3n) is 3.04. The van der Waals surface area contributed by atoms with Crippen LogP contribution in [0.25, 0.3) is 0 Å². The third-order valence-corrected chi connectivity index (χ3v) is 3.04. The summed E-state index contributed by atoms with van der Waals surface area (Å²) in [5.41, 5.74) is 6.79. The number of carbonyl (C=O) groups is 2. The number of primary amides is 1. The predicted octanol–water partition coefficient (Wildman–Crippen LogP) is 1.35. The van der Waals surface area contributed by atoms with Crippen LogP contribution in [-0.4, -0.2) is 18.4 Å². The van der Waals surface area contributed by atoms with E-state index in [-0.39, 0.29) is 12.5 Å². The maximum Gasteiger partial charge on any atom is 0.255 e. The number of nitrogens with two attached hydrogens (primary N) is 1. The molecule has 0 aromatic heterocycles. The zero-order valence-electron chi connectivity index (χ0n) is 12.3. The topological polar surface area (TPSA) is 105 Å². The summed E-state index contributed by atoms with van der Waals surface area (Å²) in [5.74, 6) is -0.643. The van der Waals surface area contributed by atoms with E-state index >= 15 is 0 Å². The minimum absolute atomic E-state index is 0.292. The summed E-state index contributed by atoms with van der Waals surface area (Å²) in [6, 6.07) is 15.6. The Morgan fingerprint density at radius 1 is 1.13 bits per heavy atom. The number of benzene rings is 2. The lowest BCUT2D eigenvalue weighted by molar-refractivity contribution is -0.119. The molecule has 0 heterocycles. The van der Waals surface area contributed by atoms with Gasteiger partial charge in [-0.1, -0.05) is 24.3 Å². The van der Waals surface area contributed by atoms with Crippen LogP contribution >= 0.6 is 0 Å². The van der Waals surface area contributed by atoms with Crippen molar-refractivity contribution in [2.75, 3.05) is 6.61 Å². The molecule has 0 aliphatic heterocycles. The molecule has 3 N–H and O–H groups in total. The highest BCUT2D eigenvalue weighted by atomic mass is 16.5. The third kappa shape index (κ3) is 4.58. The summed E-state index contributed by atoms with van der Waals surface area (Å²) in [4.78, 5) is 23.0. The number of hydrogen-bond acceptors (Lipinski definition) is 4. The van der Waals surface area contributed by atoms with Gasteiger partial charge in [-0.25, -0.2) is 0 Å². The normalized spacial score (nSPS) is 9.70. The molecule has 0 spiro atoms. The number of ether oxygens (including phenoxy) is 1. The fourth-order valence-corrected chi connectivity index (χ4v) is 1.90. The Kier molecular flexibility index (Phi) is 5.31. The van der Waals surface area contributed by atoms with Crippen LogP contribution in [0.2, 0.25) is 0 Å². The van der Waals surface area contributed by atoms with Crippen molar-refractivity contribution in [3.63, 3.8) is 0 Å². The van der Waals surface area contributed by atoms with E-state index in [1.54, 1.807) is 48.5 Å². The van der Waals surface area contributed by atoms with Gasteiger partial charge in [-0.2, -0.15) is 5.26 Å². The van der Waals surface area contributed by atoms with Gasteiger partial charge in [0.2, 0.25) is 0 Å². The van der Waals surface area contributed by atoms with Gasteiger partial charge in [-0.05, 0) is 29.8 Å². The quantitative estimate of drug-likeness (QED) is 0.840. The minimum atomic E-state index is -0.613. The fourth-order valence-electron chi connectivity index (χ4n) is 1.90. The molecule has 0 saturated carbocycles. The Balaban J connectivity index is 2.02. The van der Waals surface area contributed by atoms with Crippen molar-refractivity contribution in [3.05, 3.63) is 65.2 Å². The van der Waals surface area contributed by atoms with Crippen LogP contribution in [-0.2, 0) is 11.3 Å². The zero-order valence-corrected chi connectivity index (χ0v) is 12.3. The lowest BCUT2D eigenvalue weighted by atomic mass is 10.1. The molecule has 2 rings (SSSR count). The number of nitriles is 1. The number of nitrogens with zero attached hydrogens (tertiary/aromatic N) is 1. The maximum absolute atomic E-state index is 12.2. The van der Waals surface area contributed by atoms with Crippen LogP contribution in [0.5, 0.6) is 5.75 Å². The Hall–Kier alpha value is -3.33. The van der Waals surface area contributed by atoms with Gasteiger partial charge in [0.05, 0.1) is 17.2 Å². The molecule has 0 aliphatic carbocycles. The standard InChI is InChI=1S/C17H15N3O3/c18-9-12-5-7-13(8-6-12)10-20-17(22)14-3-1-2-4-15(14)23-11-16(19)21/h1-8H,10-11H2,(H2,19,21)(H,20,22). The predicted molar refractivity (Wildman–Crippen MR) is 83.5 cm³/mol. The number of carbonyl (C=O) groups excluding carboxylic acids is 2. The molecule has 0 saturated heterocycles. The second-order valence-corrected chi connectivity index (χ2v) is 4.74. The van der Waals surface area contributed by atoms with Crippen molar-refractivity contribution in [2.24, 2.45) is 5.73 Å². The smallest absolute Gasteiger partial charge is 0.255 e. The lowest BCUT2D eigenvalue weighted by Gasteiger charge is -2.10. The van der Waals surface area contributed by atoms with Gasteiger partial charge in [0, 0.05) is 6.54 Å². The largest absolute Gasteiger partial charge is 0.483 e. The van der Waals surface area contributed by atoms with E-state index in [2.05, 4.69) is 5.32 Å². The van der Waals surface area contributed by atoms with Crippen molar-refractivity contribution >= 4 is 11.8 Å². The summed E-state index contributed by atoms with van der Waals surface area (Å²) in [6.07, 6.45) is 0. The molecule has 2 aromatic rings. The highest BCUT2D eigenvalue weighted by Crippen LogP contribution is 2.17. The van der Waals surface area contributed by atoms with E-state index < -0.39 is 5.91 Å². The molecule has 23 heavy (non-hydrogen) atoms. The Morgan fingerprint density at radius 3 is 2.48 bits per heavy atom. The van der Waals surface area contributed by atoms with Gasteiger partial charge in [0.25, 0.3) is 11.8 Å². The Bertz CT molecular complexity index is 748. The molecular formula is C17H15N3O3. The van der Waals surface area contributed by atoms with Gasteiger partial charge in [-0.3, -0.25) is 9.59 Å². The summed E-state index contributed by atoms with van der Waals surface area (Å²) in [7, 11) is 0. The van der Waals surface area contributed by atoms with E-state index in [1.807, 2.05) is 6.07 Å². The van der Waals surface area contributed by atoms with Gasteiger partial charge in [0.15, 0.2) is 6.61 Å². The van der Waals surface area contributed by atoms with Crippen molar-refractivity contribution in [1.29, 1.82) is 5.26 Å². The summed E-state index contributed by atoms with van der Waals surface area (Å²) >= 11 is 0. The molecule has 0 radical (unpaired) electrons. The second-order valence-electron chi connectivity index (χ2n) is 4.74. The van der Waals surface area contributed by atoms with Crippen LogP contribution in [0.1, 0.15) is 21.5 Å². The first kappa shape index (κ1) is 16.0. The first-order chi connectivity index (χ1) is 11.1. The van der Waals surface area contributed by atoms with E-state index in [1.165, 1.54) is 0 Å². The monoisotopic (exact) mass is 309 g/mol. The van der Waals surface area contributed by atoms with Crippen LogP contribution < -0.4 is 15.8 Å². The lowest BCUT2D eigenvalue weighted by Crippen LogP contribution is -2.25. The van der Waals surface area contributed by atoms with E-state index in [0.29, 0.717) is 23.4 Å². The number of amides is 2. The molecule has 6 heteroatoms. The Morgan fingerprint density at radius 2 is 1.83 bits per heavy atom. The molecule has 116 valence electrons. The van der Waals surface area contributed by atoms with Crippen molar-refractivity contribution in [2.45, 2.75) is 6.54 Å². The minimum Gasteiger partial charge on any atom is -0.483 e. The van der Waals surface area contributed by atoms with Crippen LogP contribution in [0.3, 0.4) is 0 Å². The zero-order chi connectivity index (χ0) is 16.7. The first-order valence-electron chi connectivity index (χ1n) is 6.87. The van der Waals surface area contributed by atoms with E-state index in [4.69, 9.17) is 15.7 Å². The number of nitrogens with one attached hydrogen (secondary N) is 1. The van der Waals surface area contributed by atoms with Crippen LogP contribution in [0, 0.1) is 11.3 Å².